The molecule has 0 bridgehead atoms. The summed E-state index contributed by atoms with van der Waals surface area (Å²) < 4.78 is 4.93. The standard InChI is InChI=1S/C7H5ClN4S.C6H13N.C5H10O2/c8-4-1-11-7(9)12-6(4)5-2-10-3-13-5;1-7-5-3-2-4-6-7;6-5-2-1-3-7-4-5/h1-3H,(H2,9,11,12);2-6H2,1H3;5-6H,1-4H2. The number of ether oxygens (including phenoxy) is 1. The Labute approximate surface area is 169 Å². The monoisotopic (exact) mass is 413 g/mol. The van der Waals surface area contributed by atoms with Crippen LogP contribution in [0.2, 0.25) is 5.02 Å². The molecule has 4 rings (SSSR count). The van der Waals surface area contributed by atoms with Gasteiger partial charge >= 0.3 is 0 Å². The highest BCUT2D eigenvalue weighted by Crippen LogP contribution is 2.27. The van der Waals surface area contributed by atoms with Gasteiger partial charge in [-0.2, -0.15) is 0 Å². The molecule has 4 heterocycles. The van der Waals surface area contributed by atoms with E-state index in [1.165, 1.54) is 49.9 Å². The second-order valence-corrected chi connectivity index (χ2v) is 7.82. The SMILES string of the molecule is CN1CCCCC1.Nc1ncc(Cl)c(-c2cncs2)n1.OC1CCCOC1. The van der Waals surface area contributed by atoms with Crippen molar-refractivity contribution in [3.05, 3.63) is 22.9 Å². The number of piperidine rings is 1. The van der Waals surface area contributed by atoms with Gasteiger partial charge in [0.1, 0.15) is 5.69 Å². The minimum Gasteiger partial charge on any atom is -0.391 e. The number of hydrogen-bond donors (Lipinski definition) is 2. The molecule has 3 N–H and O–H groups in total. The number of halogens is 1. The predicted octanol–water partition coefficient (Wildman–Crippen LogP) is 3.10. The first-order valence-corrected chi connectivity index (χ1v) is 10.4. The summed E-state index contributed by atoms with van der Waals surface area (Å²) in [6.07, 6.45) is 9.20. The van der Waals surface area contributed by atoms with Crippen molar-refractivity contribution in [3.8, 4) is 10.6 Å². The number of rotatable bonds is 1. The topological polar surface area (TPSA) is 97.4 Å². The minimum atomic E-state index is -0.186. The molecular formula is C18H28ClN5O2S. The molecule has 1 atom stereocenters. The Bertz CT molecular complexity index is 631. The van der Waals surface area contributed by atoms with Crippen molar-refractivity contribution in [1.82, 2.24) is 19.9 Å². The molecule has 0 spiro atoms. The van der Waals surface area contributed by atoms with Crippen LogP contribution in [-0.2, 0) is 4.74 Å². The summed E-state index contributed by atoms with van der Waals surface area (Å²) in [5.74, 6) is 0.216. The minimum absolute atomic E-state index is 0.186. The van der Waals surface area contributed by atoms with Crippen LogP contribution in [0, 0.1) is 0 Å². The van der Waals surface area contributed by atoms with E-state index in [0.717, 1.165) is 24.3 Å². The predicted molar refractivity (Wildman–Crippen MR) is 110 cm³/mol. The molecule has 2 aliphatic heterocycles. The first-order chi connectivity index (χ1) is 13.1. The number of aliphatic hydroxyl groups is 1. The van der Waals surface area contributed by atoms with E-state index >= 15 is 0 Å². The van der Waals surface area contributed by atoms with E-state index in [1.807, 2.05) is 0 Å². The van der Waals surface area contributed by atoms with E-state index in [9.17, 15) is 0 Å². The Hall–Kier alpha value is -1.32. The lowest BCUT2D eigenvalue weighted by Gasteiger charge is -2.20. The normalized spacial score (nSPS) is 20.0. The molecular weight excluding hydrogens is 386 g/mol. The highest BCUT2D eigenvalue weighted by Gasteiger charge is 2.08. The van der Waals surface area contributed by atoms with E-state index in [2.05, 4.69) is 26.9 Å². The number of aliphatic hydroxyl groups excluding tert-OH is 1. The van der Waals surface area contributed by atoms with Crippen LogP contribution in [0.5, 0.6) is 0 Å². The van der Waals surface area contributed by atoms with Crippen LogP contribution >= 0.6 is 22.9 Å². The average Bonchev–Trinajstić information content (AvgIpc) is 3.21. The van der Waals surface area contributed by atoms with Gasteiger partial charge in [-0.1, -0.05) is 18.0 Å². The van der Waals surface area contributed by atoms with Gasteiger partial charge in [0, 0.05) is 12.8 Å². The number of anilines is 1. The Morgan fingerprint density at radius 3 is 2.52 bits per heavy atom. The van der Waals surface area contributed by atoms with Gasteiger partial charge < -0.3 is 20.5 Å². The molecule has 1 unspecified atom stereocenters. The molecule has 0 aromatic carbocycles. The van der Waals surface area contributed by atoms with Gasteiger partial charge in [0.2, 0.25) is 5.95 Å². The molecule has 0 radical (unpaired) electrons. The second kappa shape index (κ2) is 12.2. The van der Waals surface area contributed by atoms with Crippen molar-refractivity contribution in [2.45, 2.75) is 38.2 Å². The Balaban J connectivity index is 0.000000159. The number of aromatic nitrogens is 3. The van der Waals surface area contributed by atoms with Crippen molar-refractivity contribution in [2.24, 2.45) is 0 Å². The molecule has 27 heavy (non-hydrogen) atoms. The van der Waals surface area contributed by atoms with Gasteiger partial charge in [-0.05, 0) is 45.8 Å². The fraction of sp³-hybridized carbons (Fsp3) is 0.611. The fourth-order valence-electron chi connectivity index (χ4n) is 2.66. The van der Waals surface area contributed by atoms with E-state index in [1.54, 1.807) is 11.7 Å². The maximum absolute atomic E-state index is 8.78. The van der Waals surface area contributed by atoms with Gasteiger partial charge in [-0.3, -0.25) is 4.98 Å². The third kappa shape index (κ3) is 8.49. The van der Waals surface area contributed by atoms with E-state index < -0.39 is 0 Å². The number of nitrogens with two attached hydrogens (primary N) is 1. The van der Waals surface area contributed by atoms with Gasteiger partial charge in [-0.25, -0.2) is 9.97 Å². The smallest absolute Gasteiger partial charge is 0.220 e. The van der Waals surface area contributed by atoms with Crippen LogP contribution in [0.3, 0.4) is 0 Å². The van der Waals surface area contributed by atoms with Crippen molar-refractivity contribution in [1.29, 1.82) is 0 Å². The number of thiazole rings is 1. The number of hydrogen-bond acceptors (Lipinski definition) is 8. The highest BCUT2D eigenvalue weighted by atomic mass is 35.5. The van der Waals surface area contributed by atoms with E-state index in [0.29, 0.717) is 17.3 Å². The Morgan fingerprint density at radius 1 is 1.26 bits per heavy atom. The van der Waals surface area contributed by atoms with Crippen molar-refractivity contribution >= 4 is 28.9 Å². The molecule has 0 amide bonds. The van der Waals surface area contributed by atoms with Gasteiger partial charge in [-0.15, -0.1) is 11.3 Å². The quantitative estimate of drug-likeness (QED) is 0.741. The second-order valence-electron chi connectivity index (χ2n) is 6.53. The number of likely N-dealkylation sites (tertiary alicyclic amines) is 1. The molecule has 2 aliphatic rings. The summed E-state index contributed by atoms with van der Waals surface area (Å²) in [4.78, 5) is 15.0. The molecule has 2 fully saturated rings. The molecule has 2 aromatic heterocycles. The molecule has 2 aromatic rings. The lowest BCUT2D eigenvalue weighted by atomic mass is 10.1. The van der Waals surface area contributed by atoms with Crippen LogP contribution in [0.4, 0.5) is 5.95 Å². The highest BCUT2D eigenvalue weighted by molar-refractivity contribution is 7.13. The van der Waals surface area contributed by atoms with Crippen LogP contribution in [0.15, 0.2) is 17.9 Å². The zero-order chi connectivity index (χ0) is 19.5. The summed E-state index contributed by atoms with van der Waals surface area (Å²) in [5.41, 5.74) is 7.78. The first kappa shape index (κ1) is 22.0. The molecule has 9 heteroatoms. The number of nitrogen functional groups attached to an aromatic ring is 1. The Morgan fingerprint density at radius 2 is 2.04 bits per heavy atom. The lowest BCUT2D eigenvalue weighted by Crippen LogP contribution is -2.24. The molecule has 0 saturated carbocycles. The summed E-state index contributed by atoms with van der Waals surface area (Å²) in [6.45, 7) is 4.01. The fourth-order valence-corrected chi connectivity index (χ4v) is 3.54. The van der Waals surface area contributed by atoms with Gasteiger partial charge in [0.25, 0.3) is 0 Å². The number of nitrogens with zero attached hydrogens (tertiary/aromatic N) is 4. The molecule has 2 saturated heterocycles. The van der Waals surface area contributed by atoms with Gasteiger partial charge in [0.15, 0.2) is 0 Å². The Kier molecular flexibility index (Phi) is 9.93. The van der Waals surface area contributed by atoms with Crippen LogP contribution in [-0.4, -0.2) is 64.4 Å². The van der Waals surface area contributed by atoms with Crippen LogP contribution in [0.25, 0.3) is 10.6 Å². The molecule has 0 aliphatic carbocycles. The zero-order valence-corrected chi connectivity index (χ0v) is 17.3. The van der Waals surface area contributed by atoms with Crippen molar-refractivity contribution < 1.29 is 9.84 Å². The maximum atomic E-state index is 8.78. The maximum Gasteiger partial charge on any atom is 0.220 e. The van der Waals surface area contributed by atoms with Crippen molar-refractivity contribution in [2.75, 3.05) is 39.1 Å². The largest absolute Gasteiger partial charge is 0.391 e. The lowest BCUT2D eigenvalue weighted by molar-refractivity contribution is -0.00535. The molecule has 7 nitrogen and oxygen atoms in total. The summed E-state index contributed by atoms with van der Waals surface area (Å²) >= 11 is 7.34. The van der Waals surface area contributed by atoms with E-state index in [4.69, 9.17) is 27.2 Å². The van der Waals surface area contributed by atoms with Crippen LogP contribution in [0.1, 0.15) is 32.1 Å². The molecule has 150 valence electrons. The van der Waals surface area contributed by atoms with Crippen LogP contribution < -0.4 is 5.73 Å². The van der Waals surface area contributed by atoms with Gasteiger partial charge in [0.05, 0.1) is 34.3 Å². The third-order valence-corrected chi connectivity index (χ3v) is 5.20. The zero-order valence-electron chi connectivity index (χ0n) is 15.7. The summed E-state index contributed by atoms with van der Waals surface area (Å²) in [5, 5.41) is 9.27. The first-order valence-electron chi connectivity index (χ1n) is 9.17. The summed E-state index contributed by atoms with van der Waals surface area (Å²) in [6, 6.07) is 0. The average molecular weight is 414 g/mol. The van der Waals surface area contributed by atoms with E-state index in [-0.39, 0.29) is 12.1 Å². The van der Waals surface area contributed by atoms with Crippen molar-refractivity contribution in [3.63, 3.8) is 0 Å². The summed E-state index contributed by atoms with van der Waals surface area (Å²) in [7, 11) is 2.19. The third-order valence-electron chi connectivity index (χ3n) is 4.14.